The summed E-state index contributed by atoms with van der Waals surface area (Å²) in [5.41, 5.74) is 9.83. The largest absolute Gasteiger partial charge is 0.480 e. The standard InChI is InChI=1S/C27H31N5O4/c1-15(2)24(27(35)36)32-26(34)23(12-17-14-30-22-10-6-4-8-19(17)22)31-25(33)20(28)11-16-13-29-21-9-5-3-7-18(16)21/h3-10,13-15,20,23-24,29-30H,11-12,28H2,1-2H3,(H,31,33)(H,32,34)(H,35,36). The van der Waals surface area contributed by atoms with Crippen molar-refractivity contribution in [2.24, 2.45) is 11.7 Å². The number of hydrogen-bond acceptors (Lipinski definition) is 4. The molecule has 0 saturated heterocycles. The zero-order valence-corrected chi connectivity index (χ0v) is 20.2. The molecule has 2 amide bonds. The number of para-hydroxylation sites is 2. The Morgan fingerprint density at radius 1 is 0.833 bits per heavy atom. The maximum Gasteiger partial charge on any atom is 0.326 e. The van der Waals surface area contributed by atoms with Gasteiger partial charge in [0.15, 0.2) is 0 Å². The third-order valence-corrected chi connectivity index (χ3v) is 6.41. The molecule has 3 atom stereocenters. The number of nitrogens with two attached hydrogens (primary N) is 1. The Morgan fingerprint density at radius 2 is 1.36 bits per heavy atom. The lowest BCUT2D eigenvalue weighted by molar-refractivity contribution is -0.143. The van der Waals surface area contributed by atoms with Crippen LogP contribution in [0.1, 0.15) is 25.0 Å². The highest BCUT2D eigenvalue weighted by atomic mass is 16.4. The van der Waals surface area contributed by atoms with Crippen LogP contribution in [0.15, 0.2) is 60.9 Å². The number of aromatic nitrogens is 2. The highest BCUT2D eigenvalue weighted by Gasteiger charge is 2.30. The van der Waals surface area contributed by atoms with Gasteiger partial charge in [-0.05, 0) is 35.6 Å². The molecular weight excluding hydrogens is 458 g/mol. The van der Waals surface area contributed by atoms with Gasteiger partial charge in [-0.25, -0.2) is 4.79 Å². The molecule has 3 unspecified atom stereocenters. The second kappa shape index (κ2) is 10.7. The average Bonchev–Trinajstić information content (AvgIpc) is 3.45. The first kappa shape index (κ1) is 25.0. The predicted molar refractivity (Wildman–Crippen MR) is 138 cm³/mol. The van der Waals surface area contributed by atoms with Gasteiger partial charge in [-0.1, -0.05) is 50.2 Å². The Kier molecular flexibility index (Phi) is 7.40. The fraction of sp³-hybridized carbons (Fsp3) is 0.296. The molecule has 0 spiro atoms. The number of carboxylic acids is 1. The van der Waals surface area contributed by atoms with Crippen LogP contribution in [0, 0.1) is 5.92 Å². The van der Waals surface area contributed by atoms with Crippen molar-refractivity contribution in [2.45, 2.75) is 44.8 Å². The van der Waals surface area contributed by atoms with Crippen molar-refractivity contribution < 1.29 is 19.5 Å². The predicted octanol–water partition coefficient (Wildman–Crippen LogP) is 2.47. The molecule has 2 heterocycles. The van der Waals surface area contributed by atoms with Crippen LogP contribution >= 0.6 is 0 Å². The maximum absolute atomic E-state index is 13.2. The summed E-state index contributed by atoms with van der Waals surface area (Å²) in [5.74, 6) is -2.53. The summed E-state index contributed by atoms with van der Waals surface area (Å²) in [4.78, 5) is 44.4. The molecule has 0 aliphatic carbocycles. The molecule has 188 valence electrons. The van der Waals surface area contributed by atoms with Crippen LogP contribution in [0.2, 0.25) is 0 Å². The number of nitrogens with one attached hydrogen (secondary N) is 4. The number of aliphatic carboxylic acids is 1. The molecule has 0 saturated carbocycles. The number of hydrogen-bond donors (Lipinski definition) is 6. The Balaban J connectivity index is 1.54. The van der Waals surface area contributed by atoms with E-state index in [1.165, 1.54) is 0 Å². The summed E-state index contributed by atoms with van der Waals surface area (Å²) in [6, 6.07) is 12.4. The number of amides is 2. The lowest BCUT2D eigenvalue weighted by Crippen LogP contribution is -2.56. The minimum atomic E-state index is -1.13. The molecule has 0 aliphatic rings. The molecule has 36 heavy (non-hydrogen) atoms. The Bertz CT molecular complexity index is 1390. The lowest BCUT2D eigenvalue weighted by Gasteiger charge is -2.24. The van der Waals surface area contributed by atoms with E-state index < -0.39 is 35.9 Å². The molecule has 2 aromatic heterocycles. The molecule has 0 bridgehead atoms. The van der Waals surface area contributed by atoms with E-state index >= 15 is 0 Å². The molecule has 4 rings (SSSR count). The van der Waals surface area contributed by atoms with Crippen LogP contribution in [0.4, 0.5) is 0 Å². The normalized spacial score (nSPS) is 14.0. The van der Waals surface area contributed by atoms with E-state index in [4.69, 9.17) is 5.73 Å². The molecule has 0 aliphatic heterocycles. The number of benzene rings is 2. The van der Waals surface area contributed by atoms with Gasteiger partial charge in [0, 0.05) is 40.6 Å². The number of carboxylic acid groups (broad SMARTS) is 1. The summed E-state index contributed by atoms with van der Waals surface area (Å²) in [7, 11) is 0. The minimum absolute atomic E-state index is 0.172. The summed E-state index contributed by atoms with van der Waals surface area (Å²) in [6.07, 6.45) is 4.07. The first-order valence-corrected chi connectivity index (χ1v) is 11.9. The smallest absolute Gasteiger partial charge is 0.326 e. The van der Waals surface area contributed by atoms with Gasteiger partial charge < -0.3 is 31.4 Å². The topological polar surface area (TPSA) is 153 Å². The zero-order valence-electron chi connectivity index (χ0n) is 20.2. The van der Waals surface area contributed by atoms with E-state index in [0.29, 0.717) is 0 Å². The van der Waals surface area contributed by atoms with Crippen molar-refractivity contribution in [3.8, 4) is 0 Å². The highest BCUT2D eigenvalue weighted by Crippen LogP contribution is 2.21. The van der Waals surface area contributed by atoms with Crippen LogP contribution in [-0.2, 0) is 27.2 Å². The number of aromatic amines is 2. The second-order valence-corrected chi connectivity index (χ2v) is 9.36. The molecular formula is C27H31N5O4. The Labute approximate surface area is 208 Å². The van der Waals surface area contributed by atoms with E-state index in [1.54, 1.807) is 20.0 Å². The molecule has 4 aromatic rings. The van der Waals surface area contributed by atoms with Crippen LogP contribution in [0.3, 0.4) is 0 Å². The molecule has 7 N–H and O–H groups in total. The number of rotatable bonds is 10. The van der Waals surface area contributed by atoms with Crippen molar-refractivity contribution in [1.29, 1.82) is 0 Å². The number of carbonyl (C=O) groups is 3. The zero-order chi connectivity index (χ0) is 25.8. The van der Waals surface area contributed by atoms with Crippen molar-refractivity contribution in [3.63, 3.8) is 0 Å². The first-order valence-electron chi connectivity index (χ1n) is 11.9. The fourth-order valence-corrected chi connectivity index (χ4v) is 4.41. The van der Waals surface area contributed by atoms with Gasteiger partial charge in [0.2, 0.25) is 11.8 Å². The summed E-state index contributed by atoms with van der Waals surface area (Å²) < 4.78 is 0. The molecule has 0 radical (unpaired) electrons. The molecule has 2 aromatic carbocycles. The third-order valence-electron chi connectivity index (χ3n) is 6.41. The van der Waals surface area contributed by atoms with E-state index in [-0.39, 0.29) is 18.8 Å². The number of fused-ring (bicyclic) bond motifs is 2. The number of carbonyl (C=O) groups excluding carboxylic acids is 2. The maximum atomic E-state index is 13.2. The molecule has 9 heteroatoms. The van der Waals surface area contributed by atoms with Gasteiger partial charge >= 0.3 is 5.97 Å². The van der Waals surface area contributed by atoms with Crippen LogP contribution in [0.5, 0.6) is 0 Å². The summed E-state index contributed by atoms with van der Waals surface area (Å²) >= 11 is 0. The van der Waals surface area contributed by atoms with Crippen molar-refractivity contribution in [1.82, 2.24) is 20.6 Å². The van der Waals surface area contributed by atoms with Gasteiger partial charge in [0.25, 0.3) is 0 Å². The molecule has 0 fully saturated rings. The quantitative estimate of drug-likeness (QED) is 0.202. The van der Waals surface area contributed by atoms with Crippen LogP contribution in [-0.4, -0.2) is 51.0 Å². The highest BCUT2D eigenvalue weighted by molar-refractivity contribution is 5.93. The Morgan fingerprint density at radius 3 is 1.89 bits per heavy atom. The minimum Gasteiger partial charge on any atom is -0.480 e. The van der Waals surface area contributed by atoms with E-state index in [9.17, 15) is 19.5 Å². The van der Waals surface area contributed by atoms with Gasteiger partial charge in [-0.3, -0.25) is 9.59 Å². The van der Waals surface area contributed by atoms with Crippen molar-refractivity contribution in [2.75, 3.05) is 0 Å². The van der Waals surface area contributed by atoms with Crippen LogP contribution < -0.4 is 16.4 Å². The van der Waals surface area contributed by atoms with Crippen LogP contribution in [0.25, 0.3) is 21.8 Å². The molecule has 9 nitrogen and oxygen atoms in total. The fourth-order valence-electron chi connectivity index (χ4n) is 4.41. The van der Waals surface area contributed by atoms with E-state index in [0.717, 1.165) is 32.9 Å². The third kappa shape index (κ3) is 5.41. The van der Waals surface area contributed by atoms with Gasteiger partial charge in [-0.2, -0.15) is 0 Å². The van der Waals surface area contributed by atoms with E-state index in [2.05, 4.69) is 20.6 Å². The van der Waals surface area contributed by atoms with Crippen molar-refractivity contribution in [3.05, 3.63) is 72.1 Å². The monoisotopic (exact) mass is 489 g/mol. The average molecular weight is 490 g/mol. The summed E-state index contributed by atoms with van der Waals surface area (Å²) in [6.45, 7) is 3.42. The van der Waals surface area contributed by atoms with Gasteiger partial charge in [-0.15, -0.1) is 0 Å². The summed E-state index contributed by atoms with van der Waals surface area (Å²) in [5, 5.41) is 16.8. The van der Waals surface area contributed by atoms with E-state index in [1.807, 2.05) is 54.7 Å². The van der Waals surface area contributed by atoms with Crippen molar-refractivity contribution >= 4 is 39.6 Å². The SMILES string of the molecule is CC(C)C(NC(=O)C(Cc1c[nH]c2ccccc12)NC(=O)C(N)Cc1c[nH]c2ccccc12)C(=O)O. The Hall–Kier alpha value is -4.11. The lowest BCUT2D eigenvalue weighted by atomic mass is 10.0. The first-order chi connectivity index (χ1) is 17.2. The number of H-pyrrole nitrogens is 2. The second-order valence-electron chi connectivity index (χ2n) is 9.36. The van der Waals surface area contributed by atoms with Gasteiger partial charge in [0.05, 0.1) is 6.04 Å². The van der Waals surface area contributed by atoms with Gasteiger partial charge in [0.1, 0.15) is 12.1 Å².